The van der Waals surface area contributed by atoms with Crippen LogP contribution in [0.2, 0.25) is 0 Å². The van der Waals surface area contributed by atoms with Crippen LogP contribution in [-0.4, -0.2) is 28.8 Å². The van der Waals surface area contributed by atoms with Gasteiger partial charge < -0.3 is 10.4 Å². The van der Waals surface area contributed by atoms with E-state index in [1.165, 1.54) is 6.07 Å². The summed E-state index contributed by atoms with van der Waals surface area (Å²) in [6.45, 7) is 3.56. The first-order valence-corrected chi connectivity index (χ1v) is 7.43. The molecule has 1 amide bonds. The van der Waals surface area contributed by atoms with Crippen LogP contribution in [0.4, 0.5) is 8.78 Å². The van der Waals surface area contributed by atoms with Crippen LogP contribution < -0.4 is 5.32 Å². The van der Waals surface area contributed by atoms with Gasteiger partial charge in [-0.3, -0.25) is 4.79 Å². The van der Waals surface area contributed by atoms with Gasteiger partial charge in [0.15, 0.2) is 0 Å². The summed E-state index contributed by atoms with van der Waals surface area (Å²) in [7, 11) is 0. The third-order valence-corrected chi connectivity index (χ3v) is 4.10. The van der Waals surface area contributed by atoms with Gasteiger partial charge in [0.2, 0.25) is 5.91 Å². The molecule has 0 spiro atoms. The highest BCUT2D eigenvalue weighted by Crippen LogP contribution is 2.22. The minimum atomic E-state index is -1.10. The summed E-state index contributed by atoms with van der Waals surface area (Å²) in [6.07, 6.45) is 0.608. The first-order valence-electron chi connectivity index (χ1n) is 6.45. The molecule has 0 aliphatic carbocycles. The lowest BCUT2D eigenvalue weighted by atomic mass is 9.99. The van der Waals surface area contributed by atoms with Crippen molar-refractivity contribution in [2.24, 2.45) is 5.92 Å². The van der Waals surface area contributed by atoms with Gasteiger partial charge in [0.25, 0.3) is 0 Å². The molecule has 1 aromatic carbocycles. The largest absolute Gasteiger partial charge is 0.480 e. The Morgan fingerprint density at radius 3 is 2.57 bits per heavy atom. The summed E-state index contributed by atoms with van der Waals surface area (Å²) < 4.78 is 26.1. The molecule has 1 aromatic rings. The number of carbonyl (C=O) groups excluding carboxylic acids is 1. The number of carboxylic acids is 1. The topological polar surface area (TPSA) is 66.4 Å². The van der Waals surface area contributed by atoms with Crippen molar-refractivity contribution in [2.75, 3.05) is 5.75 Å². The van der Waals surface area contributed by atoms with E-state index in [2.05, 4.69) is 5.32 Å². The van der Waals surface area contributed by atoms with E-state index >= 15 is 0 Å². The molecule has 0 radical (unpaired) electrons. The second kappa shape index (κ2) is 7.97. The van der Waals surface area contributed by atoms with Crippen LogP contribution in [0.3, 0.4) is 0 Å². The normalized spacial score (nSPS) is 13.5. The monoisotopic (exact) mass is 317 g/mol. The van der Waals surface area contributed by atoms with Crippen molar-refractivity contribution in [3.8, 4) is 0 Å². The molecule has 0 saturated heterocycles. The van der Waals surface area contributed by atoms with E-state index in [4.69, 9.17) is 5.11 Å². The summed E-state index contributed by atoms with van der Waals surface area (Å²) in [6, 6.07) is 2.11. The lowest BCUT2D eigenvalue weighted by molar-refractivity contribution is -0.143. The number of hydrogen-bond donors (Lipinski definition) is 2. The molecule has 0 aliphatic heterocycles. The summed E-state index contributed by atoms with van der Waals surface area (Å²) >= 11 is 0.890. The number of nitrogens with one attached hydrogen (secondary N) is 1. The maximum atomic E-state index is 13.4. The summed E-state index contributed by atoms with van der Waals surface area (Å²) in [5, 5.41) is 11.5. The molecule has 21 heavy (non-hydrogen) atoms. The summed E-state index contributed by atoms with van der Waals surface area (Å²) in [5.74, 6) is -3.39. The Balaban J connectivity index is 2.58. The van der Waals surface area contributed by atoms with Crippen LogP contribution in [0.1, 0.15) is 20.3 Å². The van der Waals surface area contributed by atoms with E-state index in [0.717, 1.165) is 23.9 Å². The minimum absolute atomic E-state index is 0.136. The predicted octanol–water partition coefficient (Wildman–Crippen LogP) is 2.67. The zero-order chi connectivity index (χ0) is 16.0. The Morgan fingerprint density at radius 1 is 1.38 bits per heavy atom. The molecule has 2 N–H and O–H groups in total. The van der Waals surface area contributed by atoms with Crippen molar-refractivity contribution < 1.29 is 23.5 Å². The average Bonchev–Trinajstić information content (AvgIpc) is 2.42. The molecule has 0 aliphatic rings. The van der Waals surface area contributed by atoms with Crippen LogP contribution in [-0.2, 0) is 9.59 Å². The van der Waals surface area contributed by atoms with E-state index in [1.807, 2.05) is 6.92 Å². The first kappa shape index (κ1) is 17.4. The second-order valence-corrected chi connectivity index (χ2v) is 5.65. The van der Waals surface area contributed by atoms with E-state index in [-0.39, 0.29) is 16.6 Å². The van der Waals surface area contributed by atoms with Crippen molar-refractivity contribution in [3.63, 3.8) is 0 Å². The van der Waals surface area contributed by atoms with Crippen molar-refractivity contribution >= 4 is 23.6 Å². The Hall–Kier alpha value is -1.63. The Morgan fingerprint density at radius 2 is 2.05 bits per heavy atom. The smallest absolute Gasteiger partial charge is 0.326 e. The van der Waals surface area contributed by atoms with Gasteiger partial charge in [-0.15, -0.1) is 11.8 Å². The summed E-state index contributed by atoms with van der Waals surface area (Å²) in [4.78, 5) is 23.0. The number of carboxylic acid groups (broad SMARTS) is 1. The molecular weight excluding hydrogens is 300 g/mol. The number of aliphatic carboxylic acids is 1. The highest BCUT2D eigenvalue weighted by Gasteiger charge is 2.25. The van der Waals surface area contributed by atoms with Crippen molar-refractivity contribution in [1.82, 2.24) is 5.32 Å². The SMILES string of the molecule is CC[C@H](C)[C@H](NC(=O)CSc1ccc(F)cc1F)C(=O)O. The predicted molar refractivity (Wildman–Crippen MR) is 76.1 cm³/mol. The van der Waals surface area contributed by atoms with Gasteiger partial charge >= 0.3 is 5.97 Å². The highest BCUT2D eigenvalue weighted by atomic mass is 32.2. The quantitative estimate of drug-likeness (QED) is 0.759. The van der Waals surface area contributed by atoms with E-state index in [1.54, 1.807) is 6.92 Å². The Labute approximate surface area is 125 Å². The number of halogens is 2. The third-order valence-electron chi connectivity index (χ3n) is 3.05. The average molecular weight is 317 g/mol. The number of thioether (sulfide) groups is 1. The zero-order valence-electron chi connectivity index (χ0n) is 11.7. The molecule has 2 atom stereocenters. The Kier molecular flexibility index (Phi) is 6.61. The number of rotatable bonds is 7. The number of amides is 1. The fourth-order valence-electron chi connectivity index (χ4n) is 1.63. The van der Waals surface area contributed by atoms with E-state index < -0.39 is 29.6 Å². The van der Waals surface area contributed by atoms with Gasteiger partial charge in [0, 0.05) is 11.0 Å². The molecule has 7 heteroatoms. The first-order chi connectivity index (χ1) is 9.85. The zero-order valence-corrected chi connectivity index (χ0v) is 12.5. The van der Waals surface area contributed by atoms with Gasteiger partial charge in [-0.25, -0.2) is 13.6 Å². The number of hydrogen-bond acceptors (Lipinski definition) is 3. The van der Waals surface area contributed by atoms with Gasteiger partial charge in [-0.1, -0.05) is 20.3 Å². The minimum Gasteiger partial charge on any atom is -0.480 e. The number of benzene rings is 1. The second-order valence-electron chi connectivity index (χ2n) is 4.63. The van der Waals surface area contributed by atoms with Crippen molar-refractivity contribution in [3.05, 3.63) is 29.8 Å². The standard InChI is InChI=1S/C14H17F2NO3S/c1-3-8(2)13(14(19)20)17-12(18)7-21-11-5-4-9(15)6-10(11)16/h4-6,8,13H,3,7H2,1-2H3,(H,17,18)(H,19,20)/t8-,13-/m0/s1. The van der Waals surface area contributed by atoms with Crippen molar-refractivity contribution in [1.29, 1.82) is 0 Å². The lowest BCUT2D eigenvalue weighted by Gasteiger charge is -2.20. The molecule has 0 unspecified atom stereocenters. The van der Waals surface area contributed by atoms with Crippen LogP contribution >= 0.6 is 11.8 Å². The maximum Gasteiger partial charge on any atom is 0.326 e. The van der Waals surface area contributed by atoms with E-state index in [9.17, 15) is 18.4 Å². The molecule has 116 valence electrons. The van der Waals surface area contributed by atoms with E-state index in [0.29, 0.717) is 6.42 Å². The maximum absolute atomic E-state index is 13.4. The molecular formula is C14H17F2NO3S. The molecule has 0 heterocycles. The van der Waals surface area contributed by atoms with Crippen LogP contribution in [0.25, 0.3) is 0 Å². The molecule has 1 rings (SSSR count). The van der Waals surface area contributed by atoms with Gasteiger partial charge in [-0.2, -0.15) is 0 Å². The summed E-state index contributed by atoms with van der Waals surface area (Å²) in [5.41, 5.74) is 0. The van der Waals surface area contributed by atoms with Crippen LogP contribution in [0.15, 0.2) is 23.1 Å². The van der Waals surface area contributed by atoms with Gasteiger partial charge in [0.1, 0.15) is 17.7 Å². The molecule has 0 fully saturated rings. The Bertz CT molecular complexity index is 525. The van der Waals surface area contributed by atoms with Crippen LogP contribution in [0.5, 0.6) is 0 Å². The number of carbonyl (C=O) groups is 2. The van der Waals surface area contributed by atoms with Gasteiger partial charge in [-0.05, 0) is 18.1 Å². The fraction of sp³-hybridized carbons (Fsp3) is 0.429. The van der Waals surface area contributed by atoms with Gasteiger partial charge in [0.05, 0.1) is 5.75 Å². The molecule has 4 nitrogen and oxygen atoms in total. The van der Waals surface area contributed by atoms with Crippen molar-refractivity contribution in [2.45, 2.75) is 31.2 Å². The van der Waals surface area contributed by atoms with Crippen LogP contribution in [0, 0.1) is 17.6 Å². The highest BCUT2D eigenvalue weighted by molar-refractivity contribution is 8.00. The fourth-order valence-corrected chi connectivity index (χ4v) is 2.36. The lowest BCUT2D eigenvalue weighted by Crippen LogP contribution is -2.45. The molecule has 0 saturated carbocycles. The molecule has 0 aromatic heterocycles. The molecule has 0 bridgehead atoms. The third kappa shape index (κ3) is 5.34.